The van der Waals surface area contributed by atoms with Gasteiger partial charge < -0.3 is 0 Å². The van der Waals surface area contributed by atoms with Crippen molar-refractivity contribution >= 4 is 11.6 Å². The van der Waals surface area contributed by atoms with Crippen molar-refractivity contribution in [3.63, 3.8) is 0 Å². The second-order valence-corrected chi connectivity index (χ2v) is 5.91. The fraction of sp³-hybridized carbons (Fsp3) is 0.294. The molecule has 0 heterocycles. The second-order valence-electron chi connectivity index (χ2n) is 5.51. The quantitative estimate of drug-likeness (QED) is 0.662. The Bertz CT molecular complexity index is 644. The summed E-state index contributed by atoms with van der Waals surface area (Å²) in [5.74, 6) is 5.70. The average Bonchev–Trinajstić information content (AvgIpc) is 2.51. The van der Waals surface area contributed by atoms with Crippen LogP contribution in [0.3, 0.4) is 0 Å². The molecule has 0 amide bonds. The van der Waals surface area contributed by atoms with Gasteiger partial charge >= 0.3 is 0 Å². The first-order valence-electron chi connectivity index (χ1n) is 7.19. The summed E-state index contributed by atoms with van der Waals surface area (Å²) in [5, 5.41) is 0.544. The van der Waals surface area contributed by atoms with Crippen molar-refractivity contribution in [1.29, 1.82) is 0 Å². The van der Waals surface area contributed by atoms with Crippen molar-refractivity contribution in [3.05, 3.63) is 70.0 Å². The number of nitrogens with two attached hydrogens (primary N) is 1. The van der Waals surface area contributed by atoms with Crippen molar-refractivity contribution in [1.82, 2.24) is 5.43 Å². The molecule has 2 unspecified atom stereocenters. The summed E-state index contributed by atoms with van der Waals surface area (Å²) in [4.78, 5) is 0. The minimum absolute atomic E-state index is 0.186. The first-order valence-corrected chi connectivity index (χ1v) is 7.57. The third kappa shape index (κ3) is 2.82. The molecule has 1 aliphatic rings. The molecule has 0 saturated carbocycles. The van der Waals surface area contributed by atoms with Crippen LogP contribution in [0.25, 0.3) is 0 Å². The van der Waals surface area contributed by atoms with Crippen LogP contribution in [0.5, 0.6) is 0 Å². The zero-order chi connectivity index (χ0) is 14.8. The van der Waals surface area contributed by atoms with E-state index < -0.39 is 0 Å². The molecule has 21 heavy (non-hydrogen) atoms. The number of aryl methyl sites for hydroxylation is 1. The summed E-state index contributed by atoms with van der Waals surface area (Å²) < 4.78 is 13.6. The molecule has 3 N–H and O–H groups in total. The minimum Gasteiger partial charge on any atom is -0.271 e. The number of hydrogen-bond donors (Lipinski definition) is 2. The zero-order valence-corrected chi connectivity index (χ0v) is 12.4. The van der Waals surface area contributed by atoms with E-state index in [4.69, 9.17) is 17.4 Å². The smallest absolute Gasteiger partial charge is 0.123 e. The van der Waals surface area contributed by atoms with Crippen LogP contribution in [0.15, 0.2) is 42.5 Å². The molecule has 0 saturated heterocycles. The van der Waals surface area contributed by atoms with Gasteiger partial charge in [-0.1, -0.05) is 35.9 Å². The fourth-order valence-electron chi connectivity index (χ4n) is 3.31. The van der Waals surface area contributed by atoms with Gasteiger partial charge in [0.2, 0.25) is 0 Å². The fourth-order valence-corrected chi connectivity index (χ4v) is 3.55. The van der Waals surface area contributed by atoms with E-state index in [1.807, 2.05) is 6.07 Å². The molecule has 110 valence electrons. The Balaban J connectivity index is 2.03. The summed E-state index contributed by atoms with van der Waals surface area (Å²) in [5.41, 5.74) is 6.20. The summed E-state index contributed by atoms with van der Waals surface area (Å²) in [7, 11) is 0. The van der Waals surface area contributed by atoms with Gasteiger partial charge in [0.05, 0.1) is 6.04 Å². The Morgan fingerprint density at radius 2 is 2.05 bits per heavy atom. The van der Waals surface area contributed by atoms with E-state index in [-0.39, 0.29) is 17.8 Å². The molecule has 2 nitrogen and oxygen atoms in total. The third-order valence-corrected chi connectivity index (χ3v) is 4.64. The number of nitrogens with one attached hydrogen (secondary N) is 1. The van der Waals surface area contributed by atoms with Crippen molar-refractivity contribution in [2.75, 3.05) is 0 Å². The topological polar surface area (TPSA) is 38.0 Å². The standard InChI is InChI=1S/C17H18ClFN2/c18-16-9-8-12(19)10-15(16)17(21-20)14-7-3-5-11-4-1-2-6-13(11)14/h1-2,4,6,8-10,14,17,21H,3,5,7,20H2. The van der Waals surface area contributed by atoms with E-state index in [1.54, 1.807) is 6.07 Å². The predicted molar refractivity (Wildman–Crippen MR) is 83.6 cm³/mol. The molecule has 0 aliphatic heterocycles. The van der Waals surface area contributed by atoms with Gasteiger partial charge in [-0.3, -0.25) is 11.3 Å². The maximum absolute atomic E-state index is 13.6. The lowest BCUT2D eigenvalue weighted by molar-refractivity contribution is 0.407. The molecule has 0 aromatic heterocycles. The number of halogens is 2. The highest BCUT2D eigenvalue weighted by Gasteiger charge is 2.29. The molecule has 4 heteroatoms. The van der Waals surface area contributed by atoms with Crippen molar-refractivity contribution in [3.8, 4) is 0 Å². The molecule has 0 radical (unpaired) electrons. The van der Waals surface area contributed by atoms with Gasteiger partial charge in [0.15, 0.2) is 0 Å². The molecule has 0 fully saturated rings. The molecule has 2 aromatic carbocycles. The van der Waals surface area contributed by atoms with Gasteiger partial charge in [0.25, 0.3) is 0 Å². The molecular weight excluding hydrogens is 287 g/mol. The average molecular weight is 305 g/mol. The van der Waals surface area contributed by atoms with Crippen LogP contribution in [0, 0.1) is 5.82 Å². The van der Waals surface area contributed by atoms with Gasteiger partial charge in [0, 0.05) is 10.9 Å². The Morgan fingerprint density at radius 1 is 1.24 bits per heavy atom. The molecular formula is C17H18ClFN2. The van der Waals surface area contributed by atoms with Gasteiger partial charge in [0.1, 0.15) is 5.82 Å². The lowest BCUT2D eigenvalue weighted by atomic mass is 9.77. The van der Waals surface area contributed by atoms with Crippen molar-refractivity contribution < 1.29 is 4.39 Å². The molecule has 0 bridgehead atoms. The van der Waals surface area contributed by atoms with Gasteiger partial charge in [-0.2, -0.15) is 0 Å². The molecule has 3 rings (SSSR count). The van der Waals surface area contributed by atoms with Gasteiger partial charge in [-0.25, -0.2) is 4.39 Å². The van der Waals surface area contributed by atoms with Gasteiger partial charge in [-0.15, -0.1) is 0 Å². The number of fused-ring (bicyclic) bond motifs is 1. The highest BCUT2D eigenvalue weighted by Crippen LogP contribution is 2.41. The monoisotopic (exact) mass is 304 g/mol. The van der Waals surface area contributed by atoms with Crippen molar-refractivity contribution in [2.45, 2.75) is 31.2 Å². The predicted octanol–water partition coefficient (Wildman–Crippen LogP) is 4.10. The van der Waals surface area contributed by atoms with Crippen LogP contribution in [0.2, 0.25) is 5.02 Å². The first-order chi connectivity index (χ1) is 10.2. The molecule has 2 atom stereocenters. The van der Waals surface area contributed by atoms with Crippen LogP contribution >= 0.6 is 11.6 Å². The van der Waals surface area contributed by atoms with Gasteiger partial charge in [-0.05, 0) is 54.2 Å². The molecule has 0 spiro atoms. The van der Waals surface area contributed by atoms with Crippen LogP contribution in [0.1, 0.15) is 41.5 Å². The number of hydrogen-bond acceptors (Lipinski definition) is 2. The minimum atomic E-state index is -0.293. The van der Waals surface area contributed by atoms with Crippen LogP contribution in [-0.2, 0) is 6.42 Å². The molecule has 1 aliphatic carbocycles. The number of benzene rings is 2. The van der Waals surface area contributed by atoms with E-state index in [0.29, 0.717) is 5.02 Å². The van der Waals surface area contributed by atoms with Crippen LogP contribution in [0.4, 0.5) is 4.39 Å². The molecule has 2 aromatic rings. The summed E-state index contributed by atoms with van der Waals surface area (Å²) in [6.45, 7) is 0. The Kier molecular flexibility index (Phi) is 4.24. The summed E-state index contributed by atoms with van der Waals surface area (Å²) in [6.07, 6.45) is 3.20. The lowest BCUT2D eigenvalue weighted by Crippen LogP contribution is -2.34. The highest BCUT2D eigenvalue weighted by molar-refractivity contribution is 6.31. The summed E-state index contributed by atoms with van der Waals surface area (Å²) in [6, 6.07) is 12.6. The zero-order valence-electron chi connectivity index (χ0n) is 11.7. The van der Waals surface area contributed by atoms with E-state index in [2.05, 4.69) is 23.6 Å². The van der Waals surface area contributed by atoms with E-state index >= 15 is 0 Å². The SMILES string of the molecule is NNC(c1cc(F)ccc1Cl)C1CCCc2ccccc21. The van der Waals surface area contributed by atoms with E-state index in [1.165, 1.54) is 23.3 Å². The maximum atomic E-state index is 13.6. The second kappa shape index (κ2) is 6.14. The largest absolute Gasteiger partial charge is 0.271 e. The number of rotatable bonds is 3. The van der Waals surface area contributed by atoms with Crippen LogP contribution < -0.4 is 11.3 Å². The van der Waals surface area contributed by atoms with Crippen LogP contribution in [-0.4, -0.2) is 0 Å². The normalized spacial score (nSPS) is 19.1. The number of hydrazine groups is 1. The third-order valence-electron chi connectivity index (χ3n) is 4.29. The Labute approximate surface area is 129 Å². The lowest BCUT2D eigenvalue weighted by Gasteiger charge is -2.32. The highest BCUT2D eigenvalue weighted by atomic mass is 35.5. The first kappa shape index (κ1) is 14.5. The van der Waals surface area contributed by atoms with Crippen molar-refractivity contribution in [2.24, 2.45) is 5.84 Å². The maximum Gasteiger partial charge on any atom is 0.123 e. The van der Waals surface area contributed by atoms with E-state index in [0.717, 1.165) is 24.8 Å². The van der Waals surface area contributed by atoms with E-state index in [9.17, 15) is 4.39 Å². The summed E-state index contributed by atoms with van der Waals surface area (Å²) >= 11 is 6.25. The Morgan fingerprint density at radius 3 is 2.86 bits per heavy atom. The Hall–Kier alpha value is -1.42.